The maximum absolute atomic E-state index is 12.9. The van der Waals surface area contributed by atoms with Crippen molar-refractivity contribution in [3.63, 3.8) is 0 Å². The van der Waals surface area contributed by atoms with Crippen LogP contribution in [0.1, 0.15) is 43.2 Å². The Bertz CT molecular complexity index is 629. The highest BCUT2D eigenvalue weighted by Crippen LogP contribution is 2.32. The summed E-state index contributed by atoms with van der Waals surface area (Å²) in [6, 6.07) is 5.73. The van der Waals surface area contributed by atoms with Crippen molar-refractivity contribution in [1.29, 1.82) is 0 Å². The number of hydrogen-bond donors (Lipinski definition) is 0. The van der Waals surface area contributed by atoms with E-state index in [1.165, 1.54) is 17.5 Å². The first kappa shape index (κ1) is 15.5. The second-order valence-electron chi connectivity index (χ2n) is 6.17. The number of aryl methyl sites for hydroxylation is 2. The Morgan fingerprint density at radius 3 is 2.57 bits per heavy atom. The van der Waals surface area contributed by atoms with Gasteiger partial charge in [0.15, 0.2) is 0 Å². The molecule has 0 aromatic heterocycles. The van der Waals surface area contributed by atoms with E-state index in [2.05, 4.69) is 15.9 Å². The SMILES string of the molecule is CN(C1CCCCC1Br)S(=O)(=O)c1ccc2c(c1)CCC2. The molecule has 0 radical (unpaired) electrons. The Hall–Kier alpha value is -0.390. The van der Waals surface area contributed by atoms with E-state index in [9.17, 15) is 8.42 Å². The first-order valence-electron chi connectivity index (χ1n) is 7.74. The molecule has 2 atom stereocenters. The van der Waals surface area contributed by atoms with E-state index >= 15 is 0 Å². The molecule has 21 heavy (non-hydrogen) atoms. The maximum atomic E-state index is 12.9. The zero-order valence-corrected chi connectivity index (χ0v) is 14.8. The fourth-order valence-electron chi connectivity index (χ4n) is 3.53. The van der Waals surface area contributed by atoms with Crippen LogP contribution in [0.25, 0.3) is 0 Å². The van der Waals surface area contributed by atoms with E-state index < -0.39 is 10.0 Å². The summed E-state index contributed by atoms with van der Waals surface area (Å²) in [6.07, 6.45) is 7.51. The summed E-state index contributed by atoms with van der Waals surface area (Å²) >= 11 is 3.66. The van der Waals surface area contributed by atoms with Crippen molar-refractivity contribution >= 4 is 26.0 Å². The molecule has 0 N–H and O–H groups in total. The first-order chi connectivity index (χ1) is 10.00. The maximum Gasteiger partial charge on any atom is 0.243 e. The molecule has 5 heteroatoms. The predicted molar refractivity (Wildman–Crippen MR) is 88.4 cm³/mol. The second kappa shape index (κ2) is 6.01. The summed E-state index contributed by atoms with van der Waals surface area (Å²) in [6.45, 7) is 0. The van der Waals surface area contributed by atoms with Crippen molar-refractivity contribution in [2.24, 2.45) is 0 Å². The van der Waals surface area contributed by atoms with Crippen molar-refractivity contribution < 1.29 is 8.42 Å². The van der Waals surface area contributed by atoms with Crippen molar-refractivity contribution in [1.82, 2.24) is 4.31 Å². The Morgan fingerprint density at radius 2 is 1.81 bits per heavy atom. The van der Waals surface area contributed by atoms with Crippen molar-refractivity contribution in [3.8, 4) is 0 Å². The lowest BCUT2D eigenvalue weighted by atomic mass is 9.96. The summed E-state index contributed by atoms with van der Waals surface area (Å²) in [5, 5.41) is 0. The van der Waals surface area contributed by atoms with E-state index in [4.69, 9.17) is 0 Å². The van der Waals surface area contributed by atoms with Crippen LogP contribution in [0.4, 0.5) is 0 Å². The number of alkyl halides is 1. The standard InChI is InChI=1S/C16H22BrNO2S/c1-18(16-8-3-2-7-15(16)17)21(19,20)14-10-9-12-5-4-6-13(12)11-14/h9-11,15-16H,2-8H2,1H3. The largest absolute Gasteiger partial charge is 0.243 e. The van der Waals surface area contributed by atoms with Crippen LogP contribution in [-0.4, -0.2) is 30.6 Å². The molecule has 0 spiro atoms. The van der Waals surface area contributed by atoms with Gasteiger partial charge in [-0.2, -0.15) is 4.31 Å². The van der Waals surface area contributed by atoms with Gasteiger partial charge in [-0.1, -0.05) is 34.8 Å². The summed E-state index contributed by atoms with van der Waals surface area (Å²) in [7, 11) is -1.66. The van der Waals surface area contributed by atoms with Crippen LogP contribution in [0.15, 0.2) is 23.1 Å². The van der Waals surface area contributed by atoms with E-state index in [0.29, 0.717) is 4.90 Å². The van der Waals surface area contributed by atoms with Gasteiger partial charge in [-0.15, -0.1) is 0 Å². The minimum atomic E-state index is -3.39. The number of halogens is 1. The lowest BCUT2D eigenvalue weighted by Crippen LogP contribution is -2.44. The monoisotopic (exact) mass is 371 g/mol. The summed E-state index contributed by atoms with van der Waals surface area (Å²) < 4.78 is 27.3. The van der Waals surface area contributed by atoms with Gasteiger partial charge in [0.25, 0.3) is 0 Å². The Morgan fingerprint density at radius 1 is 1.10 bits per heavy atom. The van der Waals surface area contributed by atoms with Gasteiger partial charge in [-0.25, -0.2) is 8.42 Å². The lowest BCUT2D eigenvalue weighted by molar-refractivity contribution is 0.297. The van der Waals surface area contributed by atoms with Crippen LogP contribution < -0.4 is 0 Å². The van der Waals surface area contributed by atoms with Crippen LogP contribution in [-0.2, 0) is 22.9 Å². The molecule has 0 saturated heterocycles. The lowest BCUT2D eigenvalue weighted by Gasteiger charge is -2.34. The number of fused-ring (bicyclic) bond motifs is 1. The topological polar surface area (TPSA) is 37.4 Å². The average Bonchev–Trinajstić information content (AvgIpc) is 2.94. The normalized spacial score (nSPS) is 26.0. The molecule has 2 unspecified atom stereocenters. The van der Waals surface area contributed by atoms with Crippen LogP contribution in [0.5, 0.6) is 0 Å². The van der Waals surface area contributed by atoms with Crippen LogP contribution >= 0.6 is 15.9 Å². The van der Waals surface area contributed by atoms with Gasteiger partial charge in [-0.05, 0) is 55.4 Å². The highest BCUT2D eigenvalue weighted by Gasteiger charge is 2.34. The van der Waals surface area contributed by atoms with E-state index in [-0.39, 0.29) is 10.9 Å². The Labute approximate surface area is 135 Å². The molecule has 116 valence electrons. The molecule has 3 rings (SSSR count). The Balaban J connectivity index is 1.89. The molecule has 0 bridgehead atoms. The molecule has 1 fully saturated rings. The van der Waals surface area contributed by atoms with Crippen molar-refractivity contribution in [2.75, 3.05) is 7.05 Å². The summed E-state index contributed by atoms with van der Waals surface area (Å²) in [4.78, 5) is 0.719. The zero-order chi connectivity index (χ0) is 15.0. The molecular formula is C16H22BrNO2S. The third-order valence-electron chi connectivity index (χ3n) is 4.86. The number of sulfonamides is 1. The summed E-state index contributed by atoms with van der Waals surface area (Å²) in [5.41, 5.74) is 2.52. The average molecular weight is 372 g/mol. The first-order valence-corrected chi connectivity index (χ1v) is 10.1. The third kappa shape index (κ3) is 2.92. The number of nitrogens with zero attached hydrogens (tertiary/aromatic N) is 1. The number of hydrogen-bond acceptors (Lipinski definition) is 2. The predicted octanol–water partition coefficient (Wildman–Crippen LogP) is 3.50. The summed E-state index contributed by atoms with van der Waals surface area (Å²) in [5.74, 6) is 0. The highest BCUT2D eigenvalue weighted by molar-refractivity contribution is 9.09. The molecule has 0 aliphatic heterocycles. The molecule has 2 aliphatic rings. The molecule has 3 nitrogen and oxygen atoms in total. The number of rotatable bonds is 3. The van der Waals surface area contributed by atoms with E-state index in [1.54, 1.807) is 17.4 Å². The molecule has 0 amide bonds. The van der Waals surface area contributed by atoms with Gasteiger partial charge in [0.2, 0.25) is 10.0 Å². The van der Waals surface area contributed by atoms with Gasteiger partial charge in [0, 0.05) is 17.9 Å². The molecule has 1 aromatic rings. The smallest absolute Gasteiger partial charge is 0.207 e. The van der Waals surface area contributed by atoms with E-state index in [0.717, 1.165) is 38.5 Å². The molecule has 2 aliphatic carbocycles. The van der Waals surface area contributed by atoms with Gasteiger partial charge < -0.3 is 0 Å². The van der Waals surface area contributed by atoms with Crippen LogP contribution in [0.2, 0.25) is 0 Å². The van der Waals surface area contributed by atoms with Crippen LogP contribution in [0, 0.1) is 0 Å². The minimum absolute atomic E-state index is 0.0667. The van der Waals surface area contributed by atoms with Crippen molar-refractivity contribution in [3.05, 3.63) is 29.3 Å². The molecule has 0 heterocycles. The number of benzene rings is 1. The molecule has 1 saturated carbocycles. The van der Waals surface area contributed by atoms with Crippen LogP contribution in [0.3, 0.4) is 0 Å². The third-order valence-corrected chi connectivity index (χ3v) is 7.81. The zero-order valence-electron chi connectivity index (χ0n) is 12.4. The second-order valence-corrected chi connectivity index (χ2v) is 9.35. The Kier molecular flexibility index (Phi) is 4.44. The van der Waals surface area contributed by atoms with Gasteiger partial charge in [0.05, 0.1) is 4.90 Å². The fraction of sp³-hybridized carbons (Fsp3) is 0.625. The molecular weight excluding hydrogens is 350 g/mol. The van der Waals surface area contributed by atoms with Crippen molar-refractivity contribution in [2.45, 2.75) is 60.7 Å². The minimum Gasteiger partial charge on any atom is -0.207 e. The van der Waals surface area contributed by atoms with E-state index in [1.807, 2.05) is 12.1 Å². The highest BCUT2D eigenvalue weighted by atomic mass is 79.9. The van der Waals surface area contributed by atoms with Gasteiger partial charge in [0.1, 0.15) is 0 Å². The van der Waals surface area contributed by atoms with Gasteiger partial charge in [-0.3, -0.25) is 0 Å². The fourth-order valence-corrected chi connectivity index (χ4v) is 6.10. The van der Waals surface area contributed by atoms with Gasteiger partial charge >= 0.3 is 0 Å². The molecule has 1 aromatic carbocycles. The quantitative estimate of drug-likeness (QED) is 0.762.